The summed E-state index contributed by atoms with van der Waals surface area (Å²) in [7, 11) is 0. The van der Waals surface area contributed by atoms with Crippen molar-refractivity contribution in [2.75, 3.05) is 19.7 Å². The fraction of sp³-hybridized carbons (Fsp3) is 0.846. The van der Waals surface area contributed by atoms with Crippen LogP contribution in [0.5, 0.6) is 0 Å². The van der Waals surface area contributed by atoms with Crippen LogP contribution in [0, 0.1) is 0 Å². The number of rotatable bonds is 5. The molecule has 102 valence electrons. The number of carbonyl (C=O) groups is 2. The van der Waals surface area contributed by atoms with Crippen LogP contribution in [0.15, 0.2) is 0 Å². The first kappa shape index (κ1) is 13.3. The third kappa shape index (κ3) is 3.02. The largest absolute Gasteiger partial charge is 0.376 e. The SMILES string of the molecule is CCC1C(=O)NCC(=O)N1CCOC1CCCC1. The summed E-state index contributed by atoms with van der Waals surface area (Å²) in [6, 6.07) is -0.321. The van der Waals surface area contributed by atoms with Crippen molar-refractivity contribution in [3.63, 3.8) is 0 Å². The highest BCUT2D eigenvalue weighted by atomic mass is 16.5. The topological polar surface area (TPSA) is 58.6 Å². The van der Waals surface area contributed by atoms with E-state index in [0.717, 1.165) is 12.8 Å². The van der Waals surface area contributed by atoms with Crippen molar-refractivity contribution in [2.45, 2.75) is 51.2 Å². The molecule has 0 aromatic rings. The highest BCUT2D eigenvalue weighted by Gasteiger charge is 2.32. The van der Waals surface area contributed by atoms with E-state index in [2.05, 4.69) is 5.32 Å². The Bertz CT molecular complexity index is 313. The minimum absolute atomic E-state index is 0.00327. The molecule has 0 aromatic heterocycles. The predicted octanol–water partition coefficient (Wildman–Crippen LogP) is 0.683. The van der Waals surface area contributed by atoms with E-state index < -0.39 is 0 Å². The molecule has 1 heterocycles. The van der Waals surface area contributed by atoms with Crippen molar-refractivity contribution in [2.24, 2.45) is 0 Å². The van der Waals surface area contributed by atoms with Crippen molar-refractivity contribution in [3.05, 3.63) is 0 Å². The quantitative estimate of drug-likeness (QED) is 0.785. The fourth-order valence-electron chi connectivity index (χ4n) is 2.76. The monoisotopic (exact) mass is 254 g/mol. The molecule has 0 bridgehead atoms. The van der Waals surface area contributed by atoms with Gasteiger partial charge in [0.05, 0.1) is 19.3 Å². The predicted molar refractivity (Wildman–Crippen MR) is 67.0 cm³/mol. The summed E-state index contributed by atoms with van der Waals surface area (Å²) in [5.41, 5.74) is 0. The van der Waals surface area contributed by atoms with Crippen LogP contribution < -0.4 is 5.32 Å². The summed E-state index contributed by atoms with van der Waals surface area (Å²) in [6.07, 6.45) is 5.76. The summed E-state index contributed by atoms with van der Waals surface area (Å²) in [5.74, 6) is -0.0468. The van der Waals surface area contributed by atoms with Crippen LogP contribution in [0.2, 0.25) is 0 Å². The molecule has 2 fully saturated rings. The molecule has 1 aliphatic carbocycles. The molecule has 5 nitrogen and oxygen atoms in total. The Labute approximate surface area is 108 Å². The average Bonchev–Trinajstić information content (AvgIpc) is 2.87. The van der Waals surface area contributed by atoms with Crippen molar-refractivity contribution in [1.82, 2.24) is 10.2 Å². The van der Waals surface area contributed by atoms with E-state index in [4.69, 9.17) is 4.74 Å². The number of piperazine rings is 1. The Balaban J connectivity index is 1.81. The Morgan fingerprint density at radius 1 is 1.33 bits per heavy atom. The van der Waals surface area contributed by atoms with Gasteiger partial charge in [0.1, 0.15) is 6.04 Å². The third-order valence-electron chi connectivity index (χ3n) is 3.79. The highest BCUT2D eigenvalue weighted by molar-refractivity contribution is 5.94. The number of nitrogens with zero attached hydrogens (tertiary/aromatic N) is 1. The van der Waals surface area contributed by atoms with E-state index in [1.54, 1.807) is 4.90 Å². The van der Waals surface area contributed by atoms with Gasteiger partial charge in [0.2, 0.25) is 11.8 Å². The molecular weight excluding hydrogens is 232 g/mol. The van der Waals surface area contributed by atoms with E-state index in [1.165, 1.54) is 12.8 Å². The Hall–Kier alpha value is -1.10. The summed E-state index contributed by atoms with van der Waals surface area (Å²) in [6.45, 7) is 3.12. The van der Waals surface area contributed by atoms with Gasteiger partial charge in [-0.3, -0.25) is 9.59 Å². The first-order valence-corrected chi connectivity index (χ1v) is 6.91. The number of carbonyl (C=O) groups excluding carboxylic acids is 2. The zero-order chi connectivity index (χ0) is 13.0. The van der Waals surface area contributed by atoms with Crippen LogP contribution in [-0.4, -0.2) is 48.6 Å². The fourth-order valence-corrected chi connectivity index (χ4v) is 2.76. The van der Waals surface area contributed by atoms with Gasteiger partial charge in [0, 0.05) is 6.54 Å². The molecule has 1 atom stereocenters. The summed E-state index contributed by atoms with van der Waals surface area (Å²) in [5, 5.41) is 2.62. The second-order valence-electron chi connectivity index (χ2n) is 5.01. The van der Waals surface area contributed by atoms with Gasteiger partial charge in [-0.1, -0.05) is 19.8 Å². The molecule has 2 aliphatic rings. The second-order valence-corrected chi connectivity index (χ2v) is 5.01. The van der Waals surface area contributed by atoms with Crippen molar-refractivity contribution in [3.8, 4) is 0 Å². The molecule has 1 N–H and O–H groups in total. The molecule has 1 saturated carbocycles. The van der Waals surface area contributed by atoms with Gasteiger partial charge in [-0.2, -0.15) is 0 Å². The lowest BCUT2D eigenvalue weighted by Gasteiger charge is -2.34. The third-order valence-corrected chi connectivity index (χ3v) is 3.79. The number of nitrogens with one attached hydrogen (secondary N) is 1. The van der Waals surface area contributed by atoms with Gasteiger partial charge in [-0.25, -0.2) is 0 Å². The zero-order valence-electron chi connectivity index (χ0n) is 11.0. The first-order valence-electron chi connectivity index (χ1n) is 6.91. The van der Waals surface area contributed by atoms with Crippen molar-refractivity contribution in [1.29, 1.82) is 0 Å². The molecule has 2 amide bonds. The smallest absolute Gasteiger partial charge is 0.243 e. The standard InChI is InChI=1S/C13H22N2O3/c1-2-11-13(17)14-9-12(16)15(11)7-8-18-10-5-3-4-6-10/h10-11H,2-9H2,1H3,(H,14,17). The lowest BCUT2D eigenvalue weighted by atomic mass is 10.1. The van der Waals surface area contributed by atoms with Gasteiger partial charge in [-0.15, -0.1) is 0 Å². The van der Waals surface area contributed by atoms with Crippen LogP contribution in [-0.2, 0) is 14.3 Å². The Kier molecular flexibility index (Phi) is 4.58. The van der Waals surface area contributed by atoms with E-state index in [-0.39, 0.29) is 24.4 Å². The molecule has 2 rings (SSSR count). The van der Waals surface area contributed by atoms with E-state index >= 15 is 0 Å². The number of hydrogen-bond donors (Lipinski definition) is 1. The minimum Gasteiger partial charge on any atom is -0.376 e. The molecule has 1 aliphatic heterocycles. The molecule has 1 unspecified atom stereocenters. The van der Waals surface area contributed by atoms with Crippen LogP contribution in [0.3, 0.4) is 0 Å². The van der Waals surface area contributed by atoms with Crippen molar-refractivity contribution < 1.29 is 14.3 Å². The maximum absolute atomic E-state index is 11.8. The van der Waals surface area contributed by atoms with Crippen molar-refractivity contribution >= 4 is 11.8 Å². The van der Waals surface area contributed by atoms with Crippen LogP contribution >= 0.6 is 0 Å². The van der Waals surface area contributed by atoms with E-state index in [9.17, 15) is 9.59 Å². The molecule has 18 heavy (non-hydrogen) atoms. The van der Waals surface area contributed by atoms with Gasteiger partial charge < -0.3 is 15.0 Å². The lowest BCUT2D eigenvalue weighted by Crippen LogP contribution is -2.58. The first-order chi connectivity index (χ1) is 8.72. The van der Waals surface area contributed by atoms with Crippen LogP contribution in [0.1, 0.15) is 39.0 Å². The molecular formula is C13H22N2O3. The maximum atomic E-state index is 11.8. The minimum atomic E-state index is -0.321. The van der Waals surface area contributed by atoms with Crippen LogP contribution in [0.25, 0.3) is 0 Å². The van der Waals surface area contributed by atoms with Gasteiger partial charge in [0.25, 0.3) is 0 Å². The van der Waals surface area contributed by atoms with Gasteiger partial charge in [0.15, 0.2) is 0 Å². The Morgan fingerprint density at radius 3 is 2.72 bits per heavy atom. The number of ether oxygens (including phenoxy) is 1. The molecule has 5 heteroatoms. The highest BCUT2D eigenvalue weighted by Crippen LogP contribution is 2.21. The van der Waals surface area contributed by atoms with Gasteiger partial charge in [-0.05, 0) is 19.3 Å². The molecule has 1 saturated heterocycles. The molecule has 0 spiro atoms. The Morgan fingerprint density at radius 2 is 2.06 bits per heavy atom. The molecule has 0 radical (unpaired) electrons. The summed E-state index contributed by atoms with van der Waals surface area (Å²) >= 11 is 0. The van der Waals surface area contributed by atoms with E-state index in [1.807, 2.05) is 6.92 Å². The summed E-state index contributed by atoms with van der Waals surface area (Å²) < 4.78 is 5.76. The maximum Gasteiger partial charge on any atom is 0.243 e. The van der Waals surface area contributed by atoms with Gasteiger partial charge >= 0.3 is 0 Å². The second kappa shape index (κ2) is 6.18. The normalized spacial score (nSPS) is 25.6. The number of hydrogen-bond acceptors (Lipinski definition) is 3. The molecule has 0 aromatic carbocycles. The zero-order valence-corrected chi connectivity index (χ0v) is 11.0. The average molecular weight is 254 g/mol. The summed E-state index contributed by atoms with van der Waals surface area (Å²) in [4.78, 5) is 25.1. The van der Waals surface area contributed by atoms with Crippen LogP contribution in [0.4, 0.5) is 0 Å². The van der Waals surface area contributed by atoms with E-state index in [0.29, 0.717) is 25.7 Å². The lowest BCUT2D eigenvalue weighted by molar-refractivity contribution is -0.146. The number of amides is 2.